The van der Waals surface area contributed by atoms with Gasteiger partial charge < -0.3 is 9.84 Å². The molecule has 27 heavy (non-hydrogen) atoms. The van der Waals surface area contributed by atoms with Gasteiger partial charge in [-0.1, -0.05) is 65.8 Å². The highest BCUT2D eigenvalue weighted by molar-refractivity contribution is 5.93. The van der Waals surface area contributed by atoms with Crippen LogP contribution in [0.15, 0.2) is 83.6 Å². The molecule has 1 unspecified atom stereocenters. The topological polar surface area (TPSA) is 85.8 Å². The summed E-state index contributed by atoms with van der Waals surface area (Å²) in [5.41, 5.74) is 2.04. The third kappa shape index (κ3) is 3.92. The van der Waals surface area contributed by atoms with Crippen molar-refractivity contribution in [3.63, 3.8) is 0 Å². The Hall–Kier alpha value is -3.74. The predicted molar refractivity (Wildman–Crippen MR) is 98.6 cm³/mol. The van der Waals surface area contributed by atoms with Gasteiger partial charge >= 0.3 is 0 Å². The number of carbonyl (C=O) groups is 1. The Kier molecular flexibility index (Phi) is 4.74. The van der Waals surface area contributed by atoms with Crippen molar-refractivity contribution in [1.29, 1.82) is 0 Å². The van der Waals surface area contributed by atoms with Crippen LogP contribution in [0, 0.1) is 0 Å². The second-order valence-electron chi connectivity index (χ2n) is 5.96. The predicted octanol–water partition coefficient (Wildman–Crippen LogP) is 3.10. The van der Waals surface area contributed by atoms with Crippen LogP contribution in [0.2, 0.25) is 0 Å². The van der Waals surface area contributed by atoms with Crippen LogP contribution in [0.3, 0.4) is 0 Å². The van der Waals surface area contributed by atoms with Crippen molar-refractivity contribution in [3.05, 3.63) is 90.4 Å². The third-order valence-electron chi connectivity index (χ3n) is 4.12. The Morgan fingerprint density at radius 2 is 1.67 bits per heavy atom. The summed E-state index contributed by atoms with van der Waals surface area (Å²) in [6.45, 7) is 0.409. The van der Waals surface area contributed by atoms with Gasteiger partial charge in [-0.25, -0.2) is 0 Å². The molecule has 134 valence electrons. The molecular weight excluding hydrogens is 342 g/mol. The summed E-state index contributed by atoms with van der Waals surface area (Å²) in [5.74, 6) is 0.229. The lowest BCUT2D eigenvalue weighted by molar-refractivity contribution is 0.0921. The maximum absolute atomic E-state index is 12.7. The molecule has 0 bridgehead atoms. The number of hydrogen-bond donors (Lipinski definition) is 1. The number of rotatable bonds is 6. The molecule has 2 aromatic carbocycles. The van der Waals surface area contributed by atoms with Crippen LogP contribution in [0.25, 0.3) is 11.3 Å². The Labute approximate surface area is 155 Å². The molecule has 7 heteroatoms. The summed E-state index contributed by atoms with van der Waals surface area (Å²) in [5, 5.41) is 15.2. The summed E-state index contributed by atoms with van der Waals surface area (Å²) in [7, 11) is 0. The average Bonchev–Trinajstić information content (AvgIpc) is 3.41. The van der Waals surface area contributed by atoms with Gasteiger partial charge in [-0.2, -0.15) is 15.0 Å². The second kappa shape index (κ2) is 7.65. The van der Waals surface area contributed by atoms with Crippen LogP contribution in [0.4, 0.5) is 0 Å². The third-order valence-corrected chi connectivity index (χ3v) is 4.12. The molecule has 0 fully saturated rings. The number of hydrogen-bond acceptors (Lipinski definition) is 5. The first-order valence-corrected chi connectivity index (χ1v) is 8.51. The van der Waals surface area contributed by atoms with E-state index in [9.17, 15) is 4.79 Å². The van der Waals surface area contributed by atoms with Crippen molar-refractivity contribution in [3.8, 4) is 11.3 Å². The number of nitrogens with zero attached hydrogens (tertiary/aromatic N) is 4. The number of benzene rings is 2. The summed E-state index contributed by atoms with van der Waals surface area (Å²) in [6, 6.07) is 20.5. The van der Waals surface area contributed by atoms with Gasteiger partial charge in [-0.05, 0) is 5.56 Å². The lowest BCUT2D eigenvalue weighted by Crippen LogP contribution is -2.32. The van der Waals surface area contributed by atoms with Gasteiger partial charge in [0.05, 0.1) is 25.0 Å². The smallest absolute Gasteiger partial charge is 0.274 e. The lowest BCUT2D eigenvalue weighted by atomic mass is 10.1. The van der Waals surface area contributed by atoms with E-state index in [4.69, 9.17) is 4.52 Å². The van der Waals surface area contributed by atoms with Gasteiger partial charge in [0.15, 0.2) is 11.5 Å². The van der Waals surface area contributed by atoms with Crippen LogP contribution in [0.5, 0.6) is 0 Å². The van der Waals surface area contributed by atoms with Gasteiger partial charge in [0, 0.05) is 11.6 Å². The van der Waals surface area contributed by atoms with E-state index in [1.54, 1.807) is 18.5 Å². The molecule has 2 heterocycles. The fraction of sp³-hybridized carbons (Fsp3) is 0.100. The van der Waals surface area contributed by atoms with Gasteiger partial charge in [0.2, 0.25) is 0 Å². The van der Waals surface area contributed by atoms with Crippen LogP contribution in [-0.2, 0) is 6.54 Å². The highest BCUT2D eigenvalue weighted by atomic mass is 16.5. The average molecular weight is 359 g/mol. The Balaban J connectivity index is 1.54. The minimum absolute atomic E-state index is 0.225. The van der Waals surface area contributed by atoms with Crippen molar-refractivity contribution in [2.75, 3.05) is 0 Å². The molecule has 1 atom stereocenters. The molecule has 7 nitrogen and oxygen atoms in total. The fourth-order valence-electron chi connectivity index (χ4n) is 2.77. The van der Waals surface area contributed by atoms with E-state index >= 15 is 0 Å². The van der Waals surface area contributed by atoms with Crippen LogP contribution in [0.1, 0.15) is 22.1 Å². The van der Waals surface area contributed by atoms with E-state index in [2.05, 4.69) is 20.7 Å². The zero-order chi connectivity index (χ0) is 18.5. The van der Waals surface area contributed by atoms with E-state index in [0.717, 1.165) is 11.1 Å². The summed E-state index contributed by atoms with van der Waals surface area (Å²) in [4.78, 5) is 14.3. The number of nitrogens with one attached hydrogen (secondary N) is 1. The molecule has 1 N–H and O–H groups in total. The summed E-state index contributed by atoms with van der Waals surface area (Å²) in [6.07, 6.45) is 3.21. The lowest BCUT2D eigenvalue weighted by Gasteiger charge is -2.18. The van der Waals surface area contributed by atoms with E-state index in [-0.39, 0.29) is 17.6 Å². The monoisotopic (exact) mass is 359 g/mol. The molecule has 0 aliphatic heterocycles. The van der Waals surface area contributed by atoms with Crippen LogP contribution >= 0.6 is 0 Å². The molecule has 2 aromatic heterocycles. The zero-order valence-corrected chi connectivity index (χ0v) is 14.4. The van der Waals surface area contributed by atoms with Crippen molar-refractivity contribution in [2.24, 2.45) is 0 Å². The molecule has 4 rings (SSSR count). The number of carbonyl (C=O) groups excluding carboxylic acids is 1. The molecule has 0 radical (unpaired) electrons. The maximum atomic E-state index is 12.7. The summed E-state index contributed by atoms with van der Waals surface area (Å²) >= 11 is 0. The van der Waals surface area contributed by atoms with Gasteiger partial charge in [0.1, 0.15) is 0 Å². The molecule has 0 aliphatic carbocycles. The zero-order valence-electron chi connectivity index (χ0n) is 14.4. The van der Waals surface area contributed by atoms with Gasteiger partial charge in [-0.15, -0.1) is 0 Å². The van der Waals surface area contributed by atoms with Crippen LogP contribution in [-0.4, -0.2) is 26.1 Å². The van der Waals surface area contributed by atoms with Crippen molar-refractivity contribution >= 4 is 5.91 Å². The minimum atomic E-state index is -0.318. The maximum Gasteiger partial charge on any atom is 0.274 e. The fourth-order valence-corrected chi connectivity index (χ4v) is 2.77. The first kappa shape index (κ1) is 16.7. The number of aromatic nitrogens is 4. The number of amides is 1. The summed E-state index contributed by atoms with van der Waals surface area (Å²) < 4.78 is 5.32. The molecule has 0 saturated heterocycles. The Morgan fingerprint density at radius 1 is 1.00 bits per heavy atom. The highest BCUT2D eigenvalue weighted by Gasteiger charge is 2.20. The van der Waals surface area contributed by atoms with Crippen molar-refractivity contribution in [1.82, 2.24) is 25.5 Å². The van der Waals surface area contributed by atoms with E-state index < -0.39 is 0 Å². The highest BCUT2D eigenvalue weighted by Crippen LogP contribution is 2.21. The van der Waals surface area contributed by atoms with E-state index in [1.165, 1.54) is 4.80 Å². The van der Waals surface area contributed by atoms with Crippen LogP contribution < -0.4 is 5.32 Å². The molecular formula is C20H17N5O2. The Morgan fingerprint density at radius 3 is 2.37 bits per heavy atom. The van der Waals surface area contributed by atoms with E-state index in [0.29, 0.717) is 12.3 Å². The molecule has 1 amide bonds. The largest absolute Gasteiger partial charge is 0.355 e. The normalized spacial score (nSPS) is 11.9. The second-order valence-corrected chi connectivity index (χ2v) is 5.96. The molecule has 0 aliphatic rings. The van der Waals surface area contributed by atoms with E-state index in [1.807, 2.05) is 60.7 Å². The van der Waals surface area contributed by atoms with Crippen molar-refractivity contribution in [2.45, 2.75) is 12.6 Å². The molecule has 4 aromatic rings. The quantitative estimate of drug-likeness (QED) is 0.572. The SMILES string of the molecule is O=C(NC(Cn1nccn1)c1ccccc1)c1cc(-c2ccccc2)on1. The molecule has 0 spiro atoms. The first-order valence-electron chi connectivity index (χ1n) is 8.51. The van der Waals surface area contributed by atoms with Crippen molar-refractivity contribution < 1.29 is 9.32 Å². The Bertz CT molecular complexity index is 997. The van der Waals surface area contributed by atoms with Gasteiger partial charge in [0.25, 0.3) is 5.91 Å². The molecule has 0 saturated carbocycles. The standard InChI is InChI=1S/C20H17N5O2/c26-20(17-13-19(27-24-17)16-9-5-2-6-10-16)23-18(14-25-21-11-12-22-25)15-7-3-1-4-8-15/h1-13,18H,14H2,(H,23,26). The minimum Gasteiger partial charge on any atom is -0.355 e. The van der Waals surface area contributed by atoms with Gasteiger partial charge in [-0.3, -0.25) is 4.79 Å². The first-order chi connectivity index (χ1) is 13.3.